The summed E-state index contributed by atoms with van der Waals surface area (Å²) in [6.45, 7) is 6.26. The van der Waals surface area contributed by atoms with Gasteiger partial charge in [-0.05, 0) is 13.3 Å². The van der Waals surface area contributed by atoms with Crippen molar-refractivity contribution in [2.75, 3.05) is 40.6 Å². The molecule has 0 radical (unpaired) electrons. The fraction of sp³-hybridized carbons (Fsp3) is 1.00. The molecule has 0 aliphatic carbocycles. The number of hydrogen-bond acceptors (Lipinski definition) is 5. The lowest BCUT2D eigenvalue weighted by Crippen LogP contribution is -2.55. The molecule has 0 fully saturated rings. The van der Waals surface area contributed by atoms with Crippen molar-refractivity contribution in [3.05, 3.63) is 0 Å². The van der Waals surface area contributed by atoms with Gasteiger partial charge in [-0.3, -0.25) is 4.90 Å². The Morgan fingerprint density at radius 1 is 1.28 bits per heavy atom. The highest BCUT2D eigenvalue weighted by atomic mass is 16.5. The predicted octanol–water partition coefficient (Wildman–Crippen LogP) is 0.458. The Morgan fingerprint density at radius 3 is 2.39 bits per heavy atom. The van der Waals surface area contributed by atoms with Gasteiger partial charge < -0.3 is 20.3 Å². The van der Waals surface area contributed by atoms with Crippen molar-refractivity contribution in [3.63, 3.8) is 0 Å². The molecule has 0 aromatic heterocycles. The molecule has 3 N–H and O–H groups in total. The number of ether oxygens (including phenoxy) is 2. The fourth-order valence-electron chi connectivity index (χ4n) is 2.26. The van der Waals surface area contributed by atoms with Gasteiger partial charge in [0.15, 0.2) is 0 Å². The molecule has 0 aliphatic heterocycles. The average Bonchev–Trinajstić information content (AvgIpc) is 2.34. The minimum absolute atomic E-state index is 0.0174. The van der Waals surface area contributed by atoms with Crippen LogP contribution < -0.4 is 5.73 Å². The highest BCUT2D eigenvalue weighted by molar-refractivity contribution is 4.84. The summed E-state index contributed by atoms with van der Waals surface area (Å²) in [5.74, 6) is 0. The Kier molecular flexibility index (Phi) is 10.6. The normalized spacial score (nSPS) is 16.8. The third kappa shape index (κ3) is 6.11. The van der Waals surface area contributed by atoms with E-state index in [0.29, 0.717) is 13.2 Å². The van der Waals surface area contributed by atoms with Crippen molar-refractivity contribution >= 4 is 0 Å². The third-order valence-electron chi connectivity index (χ3n) is 3.26. The summed E-state index contributed by atoms with van der Waals surface area (Å²) in [6, 6.07) is 0.159. The number of aliphatic hydroxyl groups is 1. The second-order valence-corrected chi connectivity index (χ2v) is 4.74. The van der Waals surface area contributed by atoms with E-state index in [0.717, 1.165) is 19.4 Å². The lowest BCUT2D eigenvalue weighted by Gasteiger charge is -2.38. The van der Waals surface area contributed by atoms with Crippen molar-refractivity contribution in [1.29, 1.82) is 0 Å². The van der Waals surface area contributed by atoms with Gasteiger partial charge in [-0.15, -0.1) is 0 Å². The molecular weight excluding hydrogens is 232 g/mol. The van der Waals surface area contributed by atoms with Crippen LogP contribution in [-0.4, -0.2) is 68.7 Å². The standard InChI is InChI=1S/C13H30N2O3/c1-5-6-12(14)13(9-16)15(7-8-17-3)11(2)10-18-4/h11-13,16H,5-10,14H2,1-4H3. The Hall–Kier alpha value is -0.200. The van der Waals surface area contributed by atoms with E-state index in [2.05, 4.69) is 18.7 Å². The van der Waals surface area contributed by atoms with Crippen molar-refractivity contribution in [3.8, 4) is 0 Å². The van der Waals surface area contributed by atoms with Crippen LogP contribution in [0, 0.1) is 0 Å². The van der Waals surface area contributed by atoms with E-state index >= 15 is 0 Å². The minimum Gasteiger partial charge on any atom is -0.395 e. The molecular formula is C13H30N2O3. The van der Waals surface area contributed by atoms with E-state index in [1.54, 1.807) is 14.2 Å². The maximum atomic E-state index is 9.61. The number of methoxy groups -OCH3 is 2. The number of aliphatic hydroxyl groups excluding tert-OH is 1. The van der Waals surface area contributed by atoms with Gasteiger partial charge in [-0.1, -0.05) is 13.3 Å². The summed E-state index contributed by atoms with van der Waals surface area (Å²) in [5, 5.41) is 9.61. The van der Waals surface area contributed by atoms with Crippen LogP contribution in [0.3, 0.4) is 0 Å². The molecule has 0 rings (SSSR count). The van der Waals surface area contributed by atoms with Crippen LogP contribution in [-0.2, 0) is 9.47 Å². The molecule has 0 saturated carbocycles. The lowest BCUT2D eigenvalue weighted by molar-refractivity contribution is 0.0169. The van der Waals surface area contributed by atoms with Crippen LogP contribution in [0.25, 0.3) is 0 Å². The molecule has 0 saturated heterocycles. The second-order valence-electron chi connectivity index (χ2n) is 4.74. The van der Waals surface area contributed by atoms with Crippen LogP contribution in [0.15, 0.2) is 0 Å². The maximum Gasteiger partial charge on any atom is 0.0615 e. The van der Waals surface area contributed by atoms with Crippen LogP contribution in [0.4, 0.5) is 0 Å². The summed E-state index contributed by atoms with van der Waals surface area (Å²) in [6.07, 6.45) is 1.93. The van der Waals surface area contributed by atoms with Gasteiger partial charge >= 0.3 is 0 Å². The van der Waals surface area contributed by atoms with Gasteiger partial charge in [0.1, 0.15) is 0 Å². The molecule has 3 unspecified atom stereocenters. The molecule has 18 heavy (non-hydrogen) atoms. The summed E-state index contributed by atoms with van der Waals surface area (Å²) < 4.78 is 10.3. The van der Waals surface area contributed by atoms with Crippen LogP contribution in [0.5, 0.6) is 0 Å². The first-order valence-electron chi connectivity index (χ1n) is 6.72. The second kappa shape index (κ2) is 10.7. The quantitative estimate of drug-likeness (QED) is 0.566. The van der Waals surface area contributed by atoms with Crippen molar-refractivity contribution < 1.29 is 14.6 Å². The van der Waals surface area contributed by atoms with Crippen LogP contribution in [0.1, 0.15) is 26.7 Å². The predicted molar refractivity (Wildman–Crippen MR) is 73.7 cm³/mol. The molecule has 110 valence electrons. The molecule has 0 aromatic carbocycles. The van der Waals surface area contributed by atoms with Gasteiger partial charge in [0.2, 0.25) is 0 Å². The lowest BCUT2D eigenvalue weighted by atomic mass is 10.0. The van der Waals surface area contributed by atoms with Gasteiger partial charge in [-0.25, -0.2) is 0 Å². The van der Waals surface area contributed by atoms with Gasteiger partial charge in [0.05, 0.1) is 19.8 Å². The fourth-order valence-corrected chi connectivity index (χ4v) is 2.26. The minimum atomic E-state index is -0.0368. The van der Waals surface area contributed by atoms with Crippen molar-refractivity contribution in [2.45, 2.75) is 44.8 Å². The molecule has 5 nitrogen and oxygen atoms in total. The van der Waals surface area contributed by atoms with Crippen LogP contribution >= 0.6 is 0 Å². The van der Waals surface area contributed by atoms with Crippen LogP contribution in [0.2, 0.25) is 0 Å². The SMILES string of the molecule is CCCC(N)C(CO)N(CCOC)C(C)COC. The Labute approximate surface area is 111 Å². The Bertz CT molecular complexity index is 193. The molecule has 5 heteroatoms. The summed E-state index contributed by atoms with van der Waals surface area (Å²) >= 11 is 0. The highest BCUT2D eigenvalue weighted by Crippen LogP contribution is 2.12. The van der Waals surface area contributed by atoms with E-state index in [-0.39, 0.29) is 24.7 Å². The molecule has 3 atom stereocenters. The number of hydrogen-bond donors (Lipinski definition) is 2. The zero-order valence-electron chi connectivity index (χ0n) is 12.3. The smallest absolute Gasteiger partial charge is 0.0615 e. The largest absolute Gasteiger partial charge is 0.395 e. The number of nitrogens with two attached hydrogens (primary N) is 1. The van der Waals surface area contributed by atoms with Gasteiger partial charge in [0, 0.05) is 38.9 Å². The molecule has 0 bridgehead atoms. The van der Waals surface area contributed by atoms with Crippen molar-refractivity contribution in [2.24, 2.45) is 5.73 Å². The molecule has 0 aliphatic rings. The third-order valence-corrected chi connectivity index (χ3v) is 3.26. The first-order valence-corrected chi connectivity index (χ1v) is 6.72. The summed E-state index contributed by atoms with van der Waals surface area (Å²) in [5.41, 5.74) is 6.16. The van der Waals surface area contributed by atoms with E-state index in [1.807, 2.05) is 0 Å². The Morgan fingerprint density at radius 2 is 1.94 bits per heavy atom. The molecule has 0 aromatic rings. The van der Waals surface area contributed by atoms with Gasteiger partial charge in [0.25, 0.3) is 0 Å². The van der Waals surface area contributed by atoms with Crippen molar-refractivity contribution in [1.82, 2.24) is 4.90 Å². The van der Waals surface area contributed by atoms with E-state index in [1.165, 1.54) is 0 Å². The molecule has 0 spiro atoms. The summed E-state index contributed by atoms with van der Waals surface area (Å²) in [4.78, 5) is 2.19. The number of rotatable bonds is 11. The zero-order chi connectivity index (χ0) is 14.0. The number of nitrogens with zero attached hydrogens (tertiary/aromatic N) is 1. The first-order chi connectivity index (χ1) is 8.62. The monoisotopic (exact) mass is 262 g/mol. The van der Waals surface area contributed by atoms with E-state index in [9.17, 15) is 5.11 Å². The Balaban J connectivity index is 4.64. The zero-order valence-corrected chi connectivity index (χ0v) is 12.3. The first kappa shape index (κ1) is 17.8. The van der Waals surface area contributed by atoms with E-state index < -0.39 is 0 Å². The summed E-state index contributed by atoms with van der Waals surface area (Å²) in [7, 11) is 3.37. The van der Waals surface area contributed by atoms with Gasteiger partial charge in [-0.2, -0.15) is 0 Å². The maximum absolute atomic E-state index is 9.61. The van der Waals surface area contributed by atoms with E-state index in [4.69, 9.17) is 15.2 Å². The topological polar surface area (TPSA) is 68.0 Å². The molecule has 0 amide bonds. The average molecular weight is 262 g/mol. The molecule has 0 heterocycles. The highest BCUT2D eigenvalue weighted by Gasteiger charge is 2.27.